The van der Waals surface area contributed by atoms with Crippen molar-refractivity contribution in [2.24, 2.45) is 7.05 Å². The normalized spacial score (nSPS) is 11.9. The molecule has 0 saturated heterocycles. The van der Waals surface area contributed by atoms with Crippen molar-refractivity contribution >= 4 is 29.0 Å². The van der Waals surface area contributed by atoms with Crippen molar-refractivity contribution in [3.63, 3.8) is 0 Å². The zero-order valence-corrected chi connectivity index (χ0v) is 19.6. The van der Waals surface area contributed by atoms with Gasteiger partial charge in [-0.2, -0.15) is 9.07 Å². The van der Waals surface area contributed by atoms with E-state index in [4.69, 9.17) is 0 Å². The van der Waals surface area contributed by atoms with E-state index in [0.717, 1.165) is 23.9 Å². The van der Waals surface area contributed by atoms with Gasteiger partial charge in [-0.3, -0.25) is 24.4 Å². The lowest BCUT2D eigenvalue weighted by molar-refractivity contribution is -0.387. The van der Waals surface area contributed by atoms with Crippen LogP contribution in [0.15, 0.2) is 58.5 Å². The van der Waals surface area contributed by atoms with Crippen molar-refractivity contribution < 1.29 is 14.1 Å². The summed E-state index contributed by atoms with van der Waals surface area (Å²) in [6.07, 6.45) is 0. The average Bonchev–Trinajstić information content (AvgIpc) is 3.36. The molecule has 4 aromatic rings. The molecule has 1 amide bonds. The molecule has 2 aromatic carbocycles. The molecule has 180 valence electrons. The minimum absolute atomic E-state index is 0.0693. The second-order valence-corrected chi connectivity index (χ2v) is 8.76. The van der Waals surface area contributed by atoms with Gasteiger partial charge in [-0.05, 0) is 48.5 Å². The summed E-state index contributed by atoms with van der Waals surface area (Å²) in [5.41, 5.74) is 0.467. The lowest BCUT2D eigenvalue weighted by Gasteiger charge is -2.11. The van der Waals surface area contributed by atoms with E-state index in [-0.39, 0.29) is 22.1 Å². The highest BCUT2D eigenvalue weighted by Crippen LogP contribution is 2.26. The van der Waals surface area contributed by atoms with E-state index < -0.39 is 27.6 Å². The molecule has 0 bridgehead atoms. The quantitative estimate of drug-likeness (QED) is 0.233. The number of amides is 1. The Bertz CT molecular complexity index is 1480. The first kappa shape index (κ1) is 23.8. The highest BCUT2D eigenvalue weighted by Gasteiger charge is 2.25. The number of carbonyl (C=O) groups is 1. The van der Waals surface area contributed by atoms with Gasteiger partial charge in [0.25, 0.3) is 5.56 Å². The standard InChI is InChI=1S/C21H19FN8O4S/c1-12-18(20(32)29(27(12)3)15-7-5-4-6-8-15)28-21(24-25-26-28)35-13(2)19(31)23-14-9-10-16(22)17(11-14)30(33)34/h4-11,13H,1-3H3,(H,23,31). The second kappa shape index (κ2) is 9.50. The highest BCUT2D eigenvalue weighted by molar-refractivity contribution is 8.00. The summed E-state index contributed by atoms with van der Waals surface area (Å²) in [7, 11) is 1.74. The topological polar surface area (TPSA) is 143 Å². The van der Waals surface area contributed by atoms with Crippen LogP contribution in [0.25, 0.3) is 11.4 Å². The van der Waals surface area contributed by atoms with Crippen LogP contribution in [0.3, 0.4) is 0 Å². The minimum Gasteiger partial charge on any atom is -0.325 e. The van der Waals surface area contributed by atoms with E-state index in [0.29, 0.717) is 11.4 Å². The van der Waals surface area contributed by atoms with Gasteiger partial charge in [0.1, 0.15) is 0 Å². The fourth-order valence-corrected chi connectivity index (χ4v) is 4.17. The van der Waals surface area contributed by atoms with E-state index in [1.807, 2.05) is 18.2 Å². The number of thioether (sulfide) groups is 1. The number of nitrogens with one attached hydrogen (secondary N) is 1. The first-order valence-corrected chi connectivity index (χ1v) is 11.1. The number of nitro benzene ring substituents is 1. The van der Waals surface area contributed by atoms with E-state index >= 15 is 0 Å². The molecule has 1 N–H and O–H groups in total. The lowest BCUT2D eigenvalue weighted by atomic mass is 10.2. The van der Waals surface area contributed by atoms with Crippen LogP contribution in [0.4, 0.5) is 15.8 Å². The van der Waals surface area contributed by atoms with E-state index in [1.165, 1.54) is 15.4 Å². The SMILES string of the molecule is Cc1c(-n2nnnc2SC(C)C(=O)Nc2ccc(F)c([N+](=O)[O-])c2)c(=O)n(-c2ccccc2)n1C. The largest absolute Gasteiger partial charge is 0.325 e. The molecule has 4 rings (SSSR count). The maximum Gasteiger partial charge on any atom is 0.306 e. The summed E-state index contributed by atoms with van der Waals surface area (Å²) in [5.74, 6) is -1.52. The van der Waals surface area contributed by atoms with Crippen LogP contribution in [0.1, 0.15) is 12.6 Å². The van der Waals surface area contributed by atoms with Crippen LogP contribution in [0.2, 0.25) is 0 Å². The fraction of sp³-hybridized carbons (Fsp3) is 0.190. The van der Waals surface area contributed by atoms with Gasteiger partial charge in [0.15, 0.2) is 5.69 Å². The average molecular weight is 499 g/mol. The van der Waals surface area contributed by atoms with Crippen LogP contribution in [0.5, 0.6) is 0 Å². The number of nitro groups is 1. The maximum absolute atomic E-state index is 13.6. The van der Waals surface area contributed by atoms with Crippen molar-refractivity contribution in [1.29, 1.82) is 0 Å². The molecule has 14 heteroatoms. The van der Waals surface area contributed by atoms with Gasteiger partial charge in [-0.25, -0.2) is 4.68 Å². The van der Waals surface area contributed by atoms with Crippen molar-refractivity contribution in [3.05, 3.63) is 80.5 Å². The summed E-state index contributed by atoms with van der Waals surface area (Å²) in [5, 5.41) is 24.5. The number of halogens is 1. The molecule has 35 heavy (non-hydrogen) atoms. The molecule has 0 radical (unpaired) electrons. The monoisotopic (exact) mass is 498 g/mol. The van der Waals surface area contributed by atoms with Crippen LogP contribution < -0.4 is 10.9 Å². The Balaban J connectivity index is 1.59. The van der Waals surface area contributed by atoms with Crippen LogP contribution >= 0.6 is 11.8 Å². The first-order valence-electron chi connectivity index (χ1n) is 10.2. The van der Waals surface area contributed by atoms with Crippen molar-refractivity contribution in [2.45, 2.75) is 24.3 Å². The van der Waals surface area contributed by atoms with Crippen molar-refractivity contribution in [2.75, 3.05) is 5.32 Å². The molecule has 0 aliphatic carbocycles. The van der Waals surface area contributed by atoms with Gasteiger partial charge < -0.3 is 5.32 Å². The van der Waals surface area contributed by atoms with Gasteiger partial charge in [0.2, 0.25) is 16.9 Å². The highest BCUT2D eigenvalue weighted by atomic mass is 32.2. The Morgan fingerprint density at radius 3 is 2.63 bits per heavy atom. The number of aromatic nitrogens is 6. The van der Waals surface area contributed by atoms with Crippen LogP contribution in [-0.2, 0) is 11.8 Å². The van der Waals surface area contributed by atoms with Gasteiger partial charge in [-0.1, -0.05) is 30.0 Å². The number of tetrazole rings is 1. The number of benzene rings is 2. The molecule has 1 atom stereocenters. The molecule has 0 fully saturated rings. The Morgan fingerprint density at radius 2 is 1.94 bits per heavy atom. The summed E-state index contributed by atoms with van der Waals surface area (Å²) in [4.78, 5) is 36.0. The number of rotatable bonds is 7. The third kappa shape index (κ3) is 4.55. The zero-order chi connectivity index (χ0) is 25.3. The number of carbonyl (C=O) groups excluding carboxylic acids is 1. The number of nitrogens with zero attached hydrogens (tertiary/aromatic N) is 7. The van der Waals surface area contributed by atoms with Crippen LogP contribution in [0, 0.1) is 22.9 Å². The Hall–Kier alpha value is -4.33. The number of hydrogen-bond acceptors (Lipinski definition) is 8. The van der Waals surface area contributed by atoms with Gasteiger partial charge in [0.05, 0.1) is 21.6 Å². The lowest BCUT2D eigenvalue weighted by Crippen LogP contribution is -2.24. The van der Waals surface area contributed by atoms with Gasteiger partial charge >= 0.3 is 5.69 Å². The van der Waals surface area contributed by atoms with Crippen molar-refractivity contribution in [3.8, 4) is 11.4 Å². The van der Waals surface area contributed by atoms with Gasteiger partial charge in [0, 0.05) is 18.8 Å². The number of anilines is 1. The predicted molar refractivity (Wildman–Crippen MR) is 125 cm³/mol. The molecule has 0 spiro atoms. The summed E-state index contributed by atoms with van der Waals surface area (Å²) >= 11 is 0.990. The minimum atomic E-state index is -1.01. The van der Waals surface area contributed by atoms with E-state index in [9.17, 15) is 24.1 Å². The Kier molecular flexibility index (Phi) is 6.46. The molecule has 1 unspecified atom stereocenters. The second-order valence-electron chi connectivity index (χ2n) is 7.46. The molecule has 12 nitrogen and oxygen atoms in total. The molecule has 0 aliphatic rings. The Labute approximate surface area is 201 Å². The molecular weight excluding hydrogens is 479 g/mol. The first-order chi connectivity index (χ1) is 16.7. The summed E-state index contributed by atoms with van der Waals surface area (Å²) in [6, 6.07) is 12.1. The smallest absolute Gasteiger partial charge is 0.306 e. The predicted octanol–water partition coefficient (Wildman–Crippen LogP) is 2.63. The molecular formula is C21H19FN8O4S. The van der Waals surface area contributed by atoms with Crippen LogP contribution in [-0.4, -0.2) is 45.7 Å². The maximum atomic E-state index is 13.6. The number of hydrogen-bond donors (Lipinski definition) is 1. The molecule has 0 saturated carbocycles. The fourth-order valence-electron chi connectivity index (χ4n) is 3.38. The molecule has 2 aromatic heterocycles. The molecule has 2 heterocycles. The third-order valence-electron chi connectivity index (χ3n) is 5.24. The van der Waals surface area contributed by atoms with Crippen molar-refractivity contribution in [1.82, 2.24) is 29.6 Å². The number of para-hydroxylation sites is 1. The van der Waals surface area contributed by atoms with Gasteiger partial charge in [-0.15, -0.1) is 5.10 Å². The summed E-state index contributed by atoms with van der Waals surface area (Å²) in [6.45, 7) is 3.33. The molecule has 0 aliphatic heterocycles. The zero-order valence-electron chi connectivity index (χ0n) is 18.7. The summed E-state index contributed by atoms with van der Waals surface area (Å²) < 4.78 is 18.0. The third-order valence-corrected chi connectivity index (χ3v) is 6.27. The van der Waals surface area contributed by atoms with E-state index in [1.54, 1.807) is 37.7 Å². The Morgan fingerprint density at radius 1 is 1.23 bits per heavy atom. The van der Waals surface area contributed by atoms with E-state index in [2.05, 4.69) is 20.8 Å².